The van der Waals surface area contributed by atoms with Crippen LogP contribution in [0.15, 0.2) is 18.2 Å². The molecule has 84 valence electrons. The fourth-order valence-electron chi connectivity index (χ4n) is 1.49. The Bertz CT molecular complexity index is 341. The first-order valence-electron chi connectivity index (χ1n) is 4.73. The zero-order valence-corrected chi connectivity index (χ0v) is 8.53. The van der Waals surface area contributed by atoms with Crippen LogP contribution in [0.4, 0.5) is 17.6 Å². The van der Waals surface area contributed by atoms with E-state index in [2.05, 4.69) is 0 Å². The first-order chi connectivity index (χ1) is 6.88. The zero-order valence-electron chi connectivity index (χ0n) is 8.53. The number of benzene rings is 1. The molecule has 4 heteroatoms. The minimum Gasteiger partial charge on any atom is -0.207 e. The highest BCUT2D eigenvalue weighted by molar-refractivity contribution is 5.33. The van der Waals surface area contributed by atoms with Crippen molar-refractivity contribution in [1.82, 2.24) is 0 Å². The Hall–Kier alpha value is -1.06. The molecule has 0 nitrogen and oxygen atoms in total. The second-order valence-electron chi connectivity index (χ2n) is 3.51. The van der Waals surface area contributed by atoms with E-state index in [1.807, 2.05) is 0 Å². The third-order valence-corrected chi connectivity index (χ3v) is 2.46. The molecular formula is C11H12F4. The van der Waals surface area contributed by atoms with Crippen LogP contribution in [-0.4, -0.2) is 0 Å². The predicted octanol–water partition coefficient (Wildman–Crippen LogP) is 4.36. The van der Waals surface area contributed by atoms with E-state index in [4.69, 9.17) is 0 Å². The maximum Gasteiger partial charge on any atom is 0.416 e. The summed E-state index contributed by atoms with van der Waals surface area (Å²) >= 11 is 0. The number of hydrogen-bond acceptors (Lipinski definition) is 0. The third-order valence-electron chi connectivity index (χ3n) is 2.46. The lowest BCUT2D eigenvalue weighted by Gasteiger charge is -2.17. The summed E-state index contributed by atoms with van der Waals surface area (Å²) in [6.45, 7) is 3.32. The van der Waals surface area contributed by atoms with E-state index in [-0.39, 0.29) is 5.56 Å². The van der Waals surface area contributed by atoms with Gasteiger partial charge in [-0.05, 0) is 24.5 Å². The van der Waals surface area contributed by atoms with Gasteiger partial charge in [0.1, 0.15) is 5.82 Å². The highest BCUT2D eigenvalue weighted by Crippen LogP contribution is 2.37. The average molecular weight is 220 g/mol. The highest BCUT2D eigenvalue weighted by Gasteiger charge is 2.35. The van der Waals surface area contributed by atoms with Crippen molar-refractivity contribution < 1.29 is 17.6 Å². The van der Waals surface area contributed by atoms with E-state index >= 15 is 0 Å². The Balaban J connectivity index is 3.33. The Morgan fingerprint density at radius 3 is 2.33 bits per heavy atom. The van der Waals surface area contributed by atoms with Gasteiger partial charge in [0.05, 0.1) is 5.56 Å². The van der Waals surface area contributed by atoms with E-state index < -0.39 is 23.5 Å². The largest absolute Gasteiger partial charge is 0.416 e. The summed E-state index contributed by atoms with van der Waals surface area (Å²) in [5.74, 6) is -1.21. The van der Waals surface area contributed by atoms with Crippen LogP contribution in [0.3, 0.4) is 0 Å². The molecule has 0 aliphatic carbocycles. The number of halogens is 4. The van der Waals surface area contributed by atoms with Crippen molar-refractivity contribution in [3.63, 3.8) is 0 Å². The molecule has 0 aliphatic heterocycles. The van der Waals surface area contributed by atoms with Crippen LogP contribution in [0.5, 0.6) is 0 Å². The highest BCUT2D eigenvalue weighted by atomic mass is 19.4. The second-order valence-corrected chi connectivity index (χ2v) is 3.51. The third kappa shape index (κ3) is 2.49. The average Bonchev–Trinajstić information content (AvgIpc) is 2.15. The molecule has 15 heavy (non-hydrogen) atoms. The molecule has 1 atom stereocenters. The Labute approximate surface area is 85.9 Å². The molecule has 0 spiro atoms. The van der Waals surface area contributed by atoms with Crippen molar-refractivity contribution in [2.75, 3.05) is 0 Å². The summed E-state index contributed by atoms with van der Waals surface area (Å²) in [6, 6.07) is 3.07. The molecule has 1 rings (SSSR count). The van der Waals surface area contributed by atoms with Crippen molar-refractivity contribution in [2.24, 2.45) is 0 Å². The van der Waals surface area contributed by atoms with E-state index in [1.165, 1.54) is 0 Å². The van der Waals surface area contributed by atoms with E-state index in [1.54, 1.807) is 13.8 Å². The zero-order chi connectivity index (χ0) is 11.6. The van der Waals surface area contributed by atoms with Crippen LogP contribution in [0.25, 0.3) is 0 Å². The predicted molar refractivity (Wildman–Crippen MR) is 50.1 cm³/mol. The standard InChI is InChI=1S/C11H12F4/c1-3-7(2)10-8(11(13,14)15)5-4-6-9(10)12/h4-7H,3H2,1-2H3. The fourth-order valence-corrected chi connectivity index (χ4v) is 1.49. The van der Waals surface area contributed by atoms with Crippen molar-refractivity contribution in [3.8, 4) is 0 Å². The molecule has 1 unspecified atom stereocenters. The molecule has 0 heterocycles. The SMILES string of the molecule is CCC(C)c1c(F)cccc1C(F)(F)F. The van der Waals surface area contributed by atoms with Gasteiger partial charge in [0, 0.05) is 5.56 Å². The molecule has 0 radical (unpaired) electrons. The van der Waals surface area contributed by atoms with Gasteiger partial charge in [0.2, 0.25) is 0 Å². The fraction of sp³-hybridized carbons (Fsp3) is 0.455. The van der Waals surface area contributed by atoms with Crippen LogP contribution >= 0.6 is 0 Å². The van der Waals surface area contributed by atoms with Crippen LogP contribution in [0.1, 0.15) is 37.3 Å². The molecule has 0 fully saturated rings. The van der Waals surface area contributed by atoms with Gasteiger partial charge >= 0.3 is 6.18 Å². The summed E-state index contributed by atoms with van der Waals surface area (Å²) in [5.41, 5.74) is -1.09. The lowest BCUT2D eigenvalue weighted by atomic mass is 9.93. The van der Waals surface area contributed by atoms with Gasteiger partial charge in [-0.2, -0.15) is 13.2 Å². The smallest absolute Gasteiger partial charge is 0.207 e. The summed E-state index contributed by atoms with van der Waals surface area (Å²) in [5, 5.41) is 0. The molecule has 0 aromatic heterocycles. The molecule has 0 N–H and O–H groups in total. The van der Waals surface area contributed by atoms with Gasteiger partial charge in [-0.25, -0.2) is 4.39 Å². The van der Waals surface area contributed by atoms with Gasteiger partial charge < -0.3 is 0 Å². The first-order valence-corrected chi connectivity index (χ1v) is 4.73. The molecule has 1 aromatic carbocycles. The van der Waals surface area contributed by atoms with Gasteiger partial charge in [-0.3, -0.25) is 0 Å². The Kier molecular flexibility index (Phi) is 3.37. The Morgan fingerprint density at radius 1 is 1.27 bits per heavy atom. The number of rotatable bonds is 2. The summed E-state index contributed by atoms with van der Waals surface area (Å²) in [7, 11) is 0. The van der Waals surface area contributed by atoms with Crippen molar-refractivity contribution >= 4 is 0 Å². The minimum atomic E-state index is -4.49. The van der Waals surface area contributed by atoms with Crippen LogP contribution in [-0.2, 0) is 6.18 Å². The topological polar surface area (TPSA) is 0 Å². The molecular weight excluding hydrogens is 208 g/mol. The van der Waals surface area contributed by atoms with E-state index in [9.17, 15) is 17.6 Å². The van der Waals surface area contributed by atoms with Crippen LogP contribution in [0.2, 0.25) is 0 Å². The molecule has 0 saturated heterocycles. The van der Waals surface area contributed by atoms with Crippen molar-refractivity contribution in [3.05, 3.63) is 35.1 Å². The lowest BCUT2D eigenvalue weighted by molar-refractivity contribution is -0.138. The molecule has 1 aromatic rings. The molecule has 0 aliphatic rings. The second kappa shape index (κ2) is 4.21. The minimum absolute atomic E-state index is 0.229. The lowest BCUT2D eigenvalue weighted by Crippen LogP contribution is -2.12. The van der Waals surface area contributed by atoms with Gasteiger partial charge in [-0.1, -0.05) is 19.9 Å². The molecule has 0 amide bonds. The van der Waals surface area contributed by atoms with Gasteiger partial charge in [0.25, 0.3) is 0 Å². The molecule has 0 bridgehead atoms. The summed E-state index contributed by atoms with van der Waals surface area (Å²) < 4.78 is 51.0. The van der Waals surface area contributed by atoms with Gasteiger partial charge in [0.15, 0.2) is 0 Å². The van der Waals surface area contributed by atoms with Gasteiger partial charge in [-0.15, -0.1) is 0 Å². The maximum absolute atomic E-state index is 13.3. The number of hydrogen-bond donors (Lipinski definition) is 0. The normalized spacial score (nSPS) is 14.0. The summed E-state index contributed by atoms with van der Waals surface area (Å²) in [6.07, 6.45) is -4.01. The number of alkyl halides is 3. The first kappa shape index (κ1) is 12.0. The molecule has 0 saturated carbocycles. The van der Waals surface area contributed by atoms with E-state index in [0.717, 1.165) is 18.2 Å². The van der Waals surface area contributed by atoms with E-state index in [0.29, 0.717) is 6.42 Å². The quantitative estimate of drug-likeness (QED) is 0.649. The van der Waals surface area contributed by atoms with Crippen LogP contribution < -0.4 is 0 Å². The monoisotopic (exact) mass is 220 g/mol. The maximum atomic E-state index is 13.3. The van der Waals surface area contributed by atoms with Crippen LogP contribution in [0, 0.1) is 5.82 Å². The summed E-state index contributed by atoms with van der Waals surface area (Å²) in [4.78, 5) is 0. The van der Waals surface area contributed by atoms with Crippen molar-refractivity contribution in [1.29, 1.82) is 0 Å². The van der Waals surface area contributed by atoms with Crippen molar-refractivity contribution in [2.45, 2.75) is 32.4 Å². The Morgan fingerprint density at radius 2 is 1.87 bits per heavy atom.